The van der Waals surface area contributed by atoms with Gasteiger partial charge >= 0.3 is 7.12 Å². The van der Waals surface area contributed by atoms with E-state index in [4.69, 9.17) is 9.31 Å². The molecule has 0 N–H and O–H groups in total. The van der Waals surface area contributed by atoms with Crippen molar-refractivity contribution in [3.05, 3.63) is 91.0 Å². The van der Waals surface area contributed by atoms with E-state index in [9.17, 15) is 0 Å². The molecule has 1 saturated heterocycles. The van der Waals surface area contributed by atoms with Gasteiger partial charge in [-0.3, -0.25) is 0 Å². The SMILES string of the molecule is CC1(C)OB(c2cc(-c3ccc4ccccc4c3)ccc2-c2ccccc2)OC1(C)C. The van der Waals surface area contributed by atoms with Gasteiger partial charge in [0.05, 0.1) is 11.2 Å². The quantitative estimate of drug-likeness (QED) is 0.363. The normalized spacial score (nSPS) is 17.2. The summed E-state index contributed by atoms with van der Waals surface area (Å²) in [4.78, 5) is 0. The molecule has 0 bridgehead atoms. The van der Waals surface area contributed by atoms with E-state index in [1.807, 2.05) is 6.07 Å². The van der Waals surface area contributed by atoms with Gasteiger partial charge in [0, 0.05) is 0 Å². The average Bonchev–Trinajstić information content (AvgIpc) is 3.00. The van der Waals surface area contributed by atoms with Crippen molar-refractivity contribution < 1.29 is 9.31 Å². The van der Waals surface area contributed by atoms with E-state index >= 15 is 0 Å². The summed E-state index contributed by atoms with van der Waals surface area (Å²) in [5.74, 6) is 0. The Morgan fingerprint density at radius 1 is 0.548 bits per heavy atom. The molecule has 0 atom stereocenters. The van der Waals surface area contributed by atoms with Crippen molar-refractivity contribution in [3.8, 4) is 22.3 Å². The summed E-state index contributed by atoms with van der Waals surface area (Å²) in [6, 6.07) is 32.2. The van der Waals surface area contributed by atoms with Crippen LogP contribution < -0.4 is 5.46 Å². The van der Waals surface area contributed by atoms with Crippen LogP contribution in [0.5, 0.6) is 0 Å². The molecule has 2 nitrogen and oxygen atoms in total. The van der Waals surface area contributed by atoms with Crippen molar-refractivity contribution in [1.29, 1.82) is 0 Å². The standard InChI is InChI=1S/C28H27BO2/c1-27(2)28(3,4)31-29(30-27)26-19-24(16-17-25(26)21-11-6-5-7-12-21)23-15-14-20-10-8-9-13-22(20)18-23/h5-19H,1-4H3. The molecular weight excluding hydrogens is 379 g/mol. The number of hydrogen-bond acceptors (Lipinski definition) is 2. The summed E-state index contributed by atoms with van der Waals surface area (Å²) in [5.41, 5.74) is 4.96. The van der Waals surface area contributed by atoms with Crippen LogP contribution in [-0.4, -0.2) is 18.3 Å². The molecule has 5 rings (SSSR count). The topological polar surface area (TPSA) is 18.5 Å². The van der Waals surface area contributed by atoms with E-state index in [0.29, 0.717) is 0 Å². The van der Waals surface area contributed by atoms with Crippen LogP contribution in [0.25, 0.3) is 33.0 Å². The fourth-order valence-corrected chi connectivity index (χ4v) is 4.16. The molecule has 1 aliphatic rings. The zero-order chi connectivity index (χ0) is 21.6. The van der Waals surface area contributed by atoms with Gasteiger partial charge in [0.1, 0.15) is 0 Å². The maximum atomic E-state index is 6.45. The van der Waals surface area contributed by atoms with Crippen molar-refractivity contribution >= 4 is 23.4 Å². The van der Waals surface area contributed by atoms with Crippen molar-refractivity contribution in [2.45, 2.75) is 38.9 Å². The molecule has 4 aromatic carbocycles. The number of hydrogen-bond donors (Lipinski definition) is 0. The van der Waals surface area contributed by atoms with Crippen LogP contribution in [0.2, 0.25) is 0 Å². The van der Waals surface area contributed by atoms with E-state index in [1.165, 1.54) is 16.3 Å². The fourth-order valence-electron chi connectivity index (χ4n) is 4.16. The molecule has 3 heteroatoms. The van der Waals surface area contributed by atoms with Crippen LogP contribution in [0.15, 0.2) is 91.0 Å². The highest BCUT2D eigenvalue weighted by Crippen LogP contribution is 2.38. The van der Waals surface area contributed by atoms with Crippen molar-refractivity contribution in [3.63, 3.8) is 0 Å². The molecule has 0 radical (unpaired) electrons. The van der Waals surface area contributed by atoms with Crippen LogP contribution in [0.4, 0.5) is 0 Å². The first-order valence-corrected chi connectivity index (χ1v) is 10.9. The molecule has 1 aliphatic heterocycles. The molecule has 0 saturated carbocycles. The lowest BCUT2D eigenvalue weighted by Crippen LogP contribution is -2.41. The summed E-state index contributed by atoms with van der Waals surface area (Å²) in [7, 11) is -0.416. The van der Waals surface area contributed by atoms with Gasteiger partial charge in [-0.2, -0.15) is 0 Å². The third-order valence-electron chi connectivity index (χ3n) is 6.73. The van der Waals surface area contributed by atoms with E-state index in [1.54, 1.807) is 0 Å². The van der Waals surface area contributed by atoms with Crippen molar-refractivity contribution in [1.82, 2.24) is 0 Å². The summed E-state index contributed by atoms with van der Waals surface area (Å²) in [6.45, 7) is 8.40. The van der Waals surface area contributed by atoms with Gasteiger partial charge in [-0.25, -0.2) is 0 Å². The zero-order valence-corrected chi connectivity index (χ0v) is 18.6. The first kappa shape index (κ1) is 20.1. The minimum absolute atomic E-state index is 0.384. The maximum absolute atomic E-state index is 6.45. The van der Waals surface area contributed by atoms with E-state index in [0.717, 1.165) is 22.2 Å². The first-order valence-electron chi connectivity index (χ1n) is 10.9. The monoisotopic (exact) mass is 406 g/mol. The molecule has 1 fully saturated rings. The van der Waals surface area contributed by atoms with Crippen LogP contribution in [-0.2, 0) is 9.31 Å². The van der Waals surface area contributed by atoms with Gasteiger partial charge in [0.25, 0.3) is 0 Å². The second kappa shape index (κ2) is 7.37. The molecule has 0 amide bonds. The Bertz CT molecular complexity index is 1230. The predicted octanol–water partition coefficient (Wildman–Crippen LogP) is 6.47. The Hall–Kier alpha value is -2.88. The third kappa shape index (κ3) is 3.58. The highest BCUT2D eigenvalue weighted by Gasteiger charge is 2.52. The van der Waals surface area contributed by atoms with Crippen LogP contribution in [0, 0.1) is 0 Å². The fraction of sp³-hybridized carbons (Fsp3) is 0.214. The second-order valence-corrected chi connectivity index (χ2v) is 9.32. The van der Waals surface area contributed by atoms with Gasteiger partial charge in [-0.1, -0.05) is 84.9 Å². The Labute approximate surface area is 185 Å². The molecule has 1 heterocycles. The zero-order valence-electron chi connectivity index (χ0n) is 18.6. The lowest BCUT2D eigenvalue weighted by molar-refractivity contribution is 0.00578. The van der Waals surface area contributed by atoms with Gasteiger partial charge < -0.3 is 9.31 Å². The molecule has 0 unspecified atom stereocenters. The largest absolute Gasteiger partial charge is 0.495 e. The highest BCUT2D eigenvalue weighted by atomic mass is 16.7. The number of benzene rings is 4. The van der Waals surface area contributed by atoms with Crippen LogP contribution in [0.3, 0.4) is 0 Å². The second-order valence-electron chi connectivity index (χ2n) is 9.32. The smallest absolute Gasteiger partial charge is 0.399 e. The van der Waals surface area contributed by atoms with Gasteiger partial charge in [-0.05, 0) is 72.3 Å². The number of fused-ring (bicyclic) bond motifs is 1. The third-order valence-corrected chi connectivity index (χ3v) is 6.73. The van der Waals surface area contributed by atoms with Gasteiger partial charge in [0.15, 0.2) is 0 Å². The summed E-state index contributed by atoms with van der Waals surface area (Å²) in [5, 5.41) is 2.49. The predicted molar refractivity (Wildman–Crippen MR) is 131 cm³/mol. The first-order chi connectivity index (χ1) is 14.8. The highest BCUT2D eigenvalue weighted by molar-refractivity contribution is 6.64. The lowest BCUT2D eigenvalue weighted by atomic mass is 9.73. The Morgan fingerprint density at radius 3 is 1.84 bits per heavy atom. The molecule has 0 spiro atoms. The molecule has 0 aliphatic carbocycles. The van der Waals surface area contributed by atoms with Crippen LogP contribution >= 0.6 is 0 Å². The van der Waals surface area contributed by atoms with Crippen molar-refractivity contribution in [2.75, 3.05) is 0 Å². The van der Waals surface area contributed by atoms with Crippen molar-refractivity contribution in [2.24, 2.45) is 0 Å². The van der Waals surface area contributed by atoms with E-state index in [-0.39, 0.29) is 11.2 Å². The summed E-state index contributed by atoms with van der Waals surface area (Å²) in [6.07, 6.45) is 0. The molecule has 4 aromatic rings. The number of rotatable bonds is 3. The van der Waals surface area contributed by atoms with Crippen LogP contribution in [0.1, 0.15) is 27.7 Å². The summed E-state index contributed by atoms with van der Waals surface area (Å²) >= 11 is 0. The lowest BCUT2D eigenvalue weighted by Gasteiger charge is -2.32. The average molecular weight is 406 g/mol. The summed E-state index contributed by atoms with van der Waals surface area (Å²) < 4.78 is 12.9. The van der Waals surface area contributed by atoms with E-state index < -0.39 is 7.12 Å². The Balaban J connectivity index is 1.64. The molecule has 154 valence electrons. The maximum Gasteiger partial charge on any atom is 0.495 e. The molecule has 31 heavy (non-hydrogen) atoms. The van der Waals surface area contributed by atoms with E-state index in [2.05, 4.69) is 113 Å². The minimum Gasteiger partial charge on any atom is -0.399 e. The minimum atomic E-state index is -0.416. The Kier molecular flexibility index (Phi) is 4.77. The van der Waals surface area contributed by atoms with Gasteiger partial charge in [0.2, 0.25) is 0 Å². The molecule has 0 aromatic heterocycles. The molecular formula is C28H27BO2. The Morgan fingerprint density at radius 2 is 1.13 bits per heavy atom. The van der Waals surface area contributed by atoms with Gasteiger partial charge in [-0.15, -0.1) is 0 Å².